The minimum absolute atomic E-state index is 0.232. The number of carbonyl (C=O) groups is 2. The van der Waals surface area contributed by atoms with E-state index < -0.39 is 12.0 Å². The Balaban J connectivity index is 2.32. The molecule has 0 radical (unpaired) electrons. The Bertz CT molecular complexity index is 331. The molecule has 0 aromatic rings. The van der Waals surface area contributed by atoms with Gasteiger partial charge in [-0.05, 0) is 37.0 Å². The summed E-state index contributed by atoms with van der Waals surface area (Å²) in [5.41, 5.74) is 0. The molecule has 3 N–H and O–H groups in total. The van der Waals surface area contributed by atoms with Crippen molar-refractivity contribution >= 4 is 12.0 Å². The Morgan fingerprint density at radius 1 is 1.30 bits per heavy atom. The van der Waals surface area contributed by atoms with E-state index in [1.54, 1.807) is 0 Å². The van der Waals surface area contributed by atoms with E-state index in [9.17, 15) is 9.59 Å². The molecule has 1 rings (SSSR count). The molecule has 116 valence electrons. The molecule has 3 atom stereocenters. The molecular weight excluding hydrogens is 256 g/mol. The van der Waals surface area contributed by atoms with E-state index >= 15 is 0 Å². The number of hydrogen-bond donors (Lipinski definition) is 3. The summed E-state index contributed by atoms with van der Waals surface area (Å²) in [5.74, 6) is 0.514. The summed E-state index contributed by atoms with van der Waals surface area (Å²) in [4.78, 5) is 22.9. The third-order valence-corrected chi connectivity index (χ3v) is 3.91. The van der Waals surface area contributed by atoms with Crippen molar-refractivity contribution in [1.82, 2.24) is 10.6 Å². The molecule has 0 spiro atoms. The van der Waals surface area contributed by atoms with E-state index in [0.29, 0.717) is 18.9 Å². The molecule has 2 unspecified atom stereocenters. The summed E-state index contributed by atoms with van der Waals surface area (Å²) in [7, 11) is 0. The number of urea groups is 1. The highest BCUT2D eigenvalue weighted by Gasteiger charge is 2.22. The second-order valence-electron chi connectivity index (χ2n) is 6.51. The number of carbonyl (C=O) groups excluding carboxylic acids is 1. The lowest BCUT2D eigenvalue weighted by atomic mass is 9.82. The number of carboxylic acids is 1. The number of nitrogens with one attached hydrogen (secondary N) is 2. The van der Waals surface area contributed by atoms with Gasteiger partial charge in [0, 0.05) is 6.54 Å². The van der Waals surface area contributed by atoms with E-state index in [2.05, 4.69) is 17.6 Å². The van der Waals surface area contributed by atoms with Crippen molar-refractivity contribution in [3.8, 4) is 0 Å². The maximum Gasteiger partial charge on any atom is 0.326 e. The van der Waals surface area contributed by atoms with Gasteiger partial charge < -0.3 is 15.7 Å². The standard InChI is InChI=1S/C15H28N2O3/c1-10(2)7-13(14(18)19)17-15(20)16-9-12-6-4-5-11(3)8-12/h10-13H,4-9H2,1-3H3,(H,18,19)(H2,16,17,20)/t11?,12?,13-/m0/s1. The number of amides is 2. The van der Waals surface area contributed by atoms with Gasteiger partial charge in [0.15, 0.2) is 0 Å². The lowest BCUT2D eigenvalue weighted by molar-refractivity contribution is -0.139. The molecular formula is C15H28N2O3. The summed E-state index contributed by atoms with van der Waals surface area (Å²) in [6, 6.07) is -1.17. The Morgan fingerprint density at radius 3 is 2.55 bits per heavy atom. The van der Waals surface area contributed by atoms with Gasteiger partial charge in [0.1, 0.15) is 6.04 Å². The van der Waals surface area contributed by atoms with Gasteiger partial charge in [-0.1, -0.05) is 33.6 Å². The Kier molecular flexibility index (Phi) is 6.82. The van der Waals surface area contributed by atoms with Gasteiger partial charge in [-0.2, -0.15) is 0 Å². The first kappa shape index (κ1) is 16.8. The van der Waals surface area contributed by atoms with Gasteiger partial charge in [0.2, 0.25) is 0 Å². The van der Waals surface area contributed by atoms with Crippen LogP contribution in [0.15, 0.2) is 0 Å². The number of hydrogen-bond acceptors (Lipinski definition) is 2. The van der Waals surface area contributed by atoms with Crippen LogP contribution in [0.3, 0.4) is 0 Å². The van der Waals surface area contributed by atoms with Gasteiger partial charge in [0.25, 0.3) is 0 Å². The SMILES string of the molecule is CC(C)C[C@H](NC(=O)NCC1CCCC(C)C1)C(=O)O. The fraction of sp³-hybridized carbons (Fsp3) is 0.867. The molecule has 1 saturated carbocycles. The highest BCUT2D eigenvalue weighted by atomic mass is 16.4. The predicted octanol–water partition coefficient (Wildman–Crippen LogP) is 2.61. The van der Waals surface area contributed by atoms with E-state index in [1.165, 1.54) is 12.8 Å². The normalized spacial score (nSPS) is 24.2. The van der Waals surface area contributed by atoms with Crippen LogP contribution in [0, 0.1) is 17.8 Å². The molecule has 1 aliphatic carbocycles. The minimum Gasteiger partial charge on any atom is -0.480 e. The van der Waals surface area contributed by atoms with Crippen LogP contribution in [0.4, 0.5) is 4.79 Å². The van der Waals surface area contributed by atoms with Crippen molar-refractivity contribution in [1.29, 1.82) is 0 Å². The monoisotopic (exact) mass is 284 g/mol. The molecule has 0 aromatic heterocycles. The Morgan fingerprint density at radius 2 is 2.00 bits per heavy atom. The van der Waals surface area contributed by atoms with Crippen molar-refractivity contribution in [2.75, 3.05) is 6.54 Å². The highest BCUT2D eigenvalue weighted by molar-refractivity contribution is 5.82. The zero-order chi connectivity index (χ0) is 15.1. The van der Waals surface area contributed by atoms with Crippen LogP contribution in [0.5, 0.6) is 0 Å². The van der Waals surface area contributed by atoms with E-state index in [0.717, 1.165) is 18.8 Å². The topological polar surface area (TPSA) is 78.4 Å². The highest BCUT2D eigenvalue weighted by Crippen LogP contribution is 2.27. The summed E-state index contributed by atoms with van der Waals surface area (Å²) in [6.45, 7) is 6.78. The van der Waals surface area contributed by atoms with E-state index in [-0.39, 0.29) is 11.9 Å². The molecule has 5 heteroatoms. The Labute approximate surface area is 121 Å². The van der Waals surface area contributed by atoms with Crippen LogP contribution >= 0.6 is 0 Å². The molecule has 1 aliphatic rings. The van der Waals surface area contributed by atoms with Gasteiger partial charge in [-0.15, -0.1) is 0 Å². The molecule has 0 aromatic carbocycles. The van der Waals surface area contributed by atoms with Crippen molar-refractivity contribution in [2.24, 2.45) is 17.8 Å². The van der Waals surface area contributed by atoms with Gasteiger partial charge >= 0.3 is 12.0 Å². The molecule has 5 nitrogen and oxygen atoms in total. The lowest BCUT2D eigenvalue weighted by Crippen LogP contribution is -2.47. The molecule has 0 bridgehead atoms. The molecule has 20 heavy (non-hydrogen) atoms. The van der Waals surface area contributed by atoms with Crippen LogP contribution in [-0.4, -0.2) is 29.7 Å². The van der Waals surface area contributed by atoms with Crippen molar-refractivity contribution in [3.63, 3.8) is 0 Å². The van der Waals surface area contributed by atoms with Gasteiger partial charge in [-0.25, -0.2) is 9.59 Å². The first-order chi connectivity index (χ1) is 9.38. The molecule has 1 fully saturated rings. The second-order valence-corrected chi connectivity index (χ2v) is 6.51. The van der Waals surface area contributed by atoms with Crippen LogP contribution in [0.25, 0.3) is 0 Å². The third kappa shape index (κ3) is 6.26. The second kappa shape index (κ2) is 8.12. The smallest absolute Gasteiger partial charge is 0.326 e. The van der Waals surface area contributed by atoms with Gasteiger partial charge in [-0.3, -0.25) is 0 Å². The molecule has 0 saturated heterocycles. The van der Waals surface area contributed by atoms with Crippen LogP contribution < -0.4 is 10.6 Å². The zero-order valence-corrected chi connectivity index (χ0v) is 12.8. The lowest BCUT2D eigenvalue weighted by Gasteiger charge is -2.27. The fourth-order valence-electron chi connectivity index (χ4n) is 2.88. The van der Waals surface area contributed by atoms with E-state index in [1.807, 2.05) is 13.8 Å². The van der Waals surface area contributed by atoms with Crippen LogP contribution in [0.1, 0.15) is 52.9 Å². The summed E-state index contributed by atoms with van der Waals surface area (Å²) in [6.07, 6.45) is 5.25. The van der Waals surface area contributed by atoms with Crippen molar-refractivity contribution in [3.05, 3.63) is 0 Å². The van der Waals surface area contributed by atoms with Crippen LogP contribution in [-0.2, 0) is 4.79 Å². The average Bonchev–Trinajstić information content (AvgIpc) is 2.35. The Hall–Kier alpha value is -1.26. The minimum atomic E-state index is -0.972. The quantitative estimate of drug-likeness (QED) is 0.701. The van der Waals surface area contributed by atoms with Crippen molar-refractivity contribution in [2.45, 2.75) is 58.9 Å². The average molecular weight is 284 g/mol. The molecule has 2 amide bonds. The third-order valence-electron chi connectivity index (χ3n) is 3.91. The summed E-state index contributed by atoms with van der Waals surface area (Å²) < 4.78 is 0. The molecule has 0 aliphatic heterocycles. The first-order valence-electron chi connectivity index (χ1n) is 7.65. The van der Waals surface area contributed by atoms with Gasteiger partial charge in [0.05, 0.1) is 0 Å². The number of aliphatic carboxylic acids is 1. The first-order valence-corrected chi connectivity index (χ1v) is 7.65. The maximum absolute atomic E-state index is 11.8. The summed E-state index contributed by atoms with van der Waals surface area (Å²) >= 11 is 0. The summed E-state index contributed by atoms with van der Waals surface area (Å²) in [5, 5.41) is 14.4. The fourth-order valence-corrected chi connectivity index (χ4v) is 2.88. The number of rotatable bonds is 6. The maximum atomic E-state index is 11.8. The zero-order valence-electron chi connectivity index (χ0n) is 12.8. The predicted molar refractivity (Wildman–Crippen MR) is 78.5 cm³/mol. The number of carboxylic acid groups (broad SMARTS) is 1. The molecule has 0 heterocycles. The van der Waals surface area contributed by atoms with Crippen LogP contribution in [0.2, 0.25) is 0 Å². The van der Waals surface area contributed by atoms with E-state index in [4.69, 9.17) is 5.11 Å². The largest absolute Gasteiger partial charge is 0.480 e. The van der Waals surface area contributed by atoms with Crippen molar-refractivity contribution < 1.29 is 14.7 Å².